The number of carbonyl (C=O) groups is 1. The molecule has 0 bridgehead atoms. The van der Waals surface area contributed by atoms with Gasteiger partial charge in [-0.15, -0.1) is 0 Å². The van der Waals surface area contributed by atoms with Gasteiger partial charge < -0.3 is 15.7 Å². The molecule has 5 nitrogen and oxygen atoms in total. The van der Waals surface area contributed by atoms with Gasteiger partial charge in [0.1, 0.15) is 0 Å². The number of amides is 1. The van der Waals surface area contributed by atoms with Gasteiger partial charge in [0.05, 0.1) is 6.04 Å². The number of pyridine rings is 1. The fraction of sp³-hybridized carbons (Fsp3) is 0.500. The van der Waals surface area contributed by atoms with Crippen LogP contribution in [0.1, 0.15) is 25.0 Å². The third kappa shape index (κ3) is 2.94. The van der Waals surface area contributed by atoms with Gasteiger partial charge in [0.15, 0.2) is 11.6 Å². The van der Waals surface area contributed by atoms with Crippen LogP contribution >= 0.6 is 0 Å². The molecule has 1 aliphatic heterocycles. The van der Waals surface area contributed by atoms with Crippen LogP contribution in [0.3, 0.4) is 0 Å². The van der Waals surface area contributed by atoms with Crippen molar-refractivity contribution >= 4 is 11.7 Å². The molecule has 0 unspecified atom stereocenters. The summed E-state index contributed by atoms with van der Waals surface area (Å²) in [7, 11) is 0. The molecule has 1 aromatic heterocycles. The predicted molar refractivity (Wildman–Crippen MR) is 64.9 cm³/mol. The SMILES string of the molecule is Cc1ccc(O)c(NC(=O)[C@@H]2CCCCN2)n1. The van der Waals surface area contributed by atoms with Crippen LogP contribution in [0.25, 0.3) is 0 Å². The lowest BCUT2D eigenvalue weighted by atomic mass is 10.0. The number of aromatic hydroxyl groups is 1. The standard InChI is InChI=1S/C12H17N3O2/c1-8-5-6-10(16)11(14-8)15-12(17)9-4-2-3-7-13-9/h5-6,9,13,16H,2-4,7H2,1H3,(H,14,15,17)/t9-/m0/s1. The number of aromatic nitrogens is 1. The Kier molecular flexibility index (Phi) is 3.58. The first kappa shape index (κ1) is 11.9. The summed E-state index contributed by atoms with van der Waals surface area (Å²) in [5.41, 5.74) is 0.759. The topological polar surface area (TPSA) is 74.2 Å². The Hall–Kier alpha value is -1.62. The monoisotopic (exact) mass is 235 g/mol. The van der Waals surface area contributed by atoms with Gasteiger partial charge in [0, 0.05) is 5.69 Å². The number of rotatable bonds is 2. The van der Waals surface area contributed by atoms with E-state index in [9.17, 15) is 9.90 Å². The lowest BCUT2D eigenvalue weighted by molar-refractivity contribution is -0.118. The summed E-state index contributed by atoms with van der Waals surface area (Å²) in [6, 6.07) is 3.06. The molecule has 1 aliphatic rings. The van der Waals surface area contributed by atoms with Gasteiger partial charge in [-0.1, -0.05) is 6.42 Å². The minimum absolute atomic E-state index is 0.000223. The molecule has 5 heteroatoms. The maximum Gasteiger partial charge on any atom is 0.242 e. The van der Waals surface area contributed by atoms with Gasteiger partial charge in [-0.25, -0.2) is 4.98 Å². The molecule has 3 N–H and O–H groups in total. The summed E-state index contributed by atoms with van der Waals surface area (Å²) in [5.74, 6) is 0.111. The van der Waals surface area contributed by atoms with Gasteiger partial charge >= 0.3 is 0 Å². The molecule has 0 saturated carbocycles. The Bertz CT molecular complexity index is 414. The van der Waals surface area contributed by atoms with Crippen molar-refractivity contribution in [2.45, 2.75) is 32.2 Å². The van der Waals surface area contributed by atoms with E-state index in [1.807, 2.05) is 6.92 Å². The quantitative estimate of drug-likeness (QED) is 0.719. The van der Waals surface area contributed by atoms with Crippen LogP contribution < -0.4 is 10.6 Å². The molecule has 2 rings (SSSR count). The Labute approximate surface area is 100 Å². The largest absolute Gasteiger partial charge is 0.504 e. The van der Waals surface area contributed by atoms with Crippen molar-refractivity contribution in [2.75, 3.05) is 11.9 Å². The maximum absolute atomic E-state index is 11.9. The van der Waals surface area contributed by atoms with Gasteiger partial charge in [-0.2, -0.15) is 0 Å². The number of hydrogen-bond donors (Lipinski definition) is 3. The van der Waals surface area contributed by atoms with E-state index in [0.717, 1.165) is 31.5 Å². The van der Waals surface area contributed by atoms with E-state index in [0.29, 0.717) is 0 Å². The molecule has 0 radical (unpaired) electrons. The lowest BCUT2D eigenvalue weighted by Crippen LogP contribution is -2.43. The first-order valence-corrected chi connectivity index (χ1v) is 5.87. The molecule has 1 fully saturated rings. The van der Waals surface area contributed by atoms with Crippen LogP contribution in [0.5, 0.6) is 5.75 Å². The van der Waals surface area contributed by atoms with Gasteiger partial charge in [0.25, 0.3) is 0 Å². The second-order valence-corrected chi connectivity index (χ2v) is 4.31. The zero-order valence-electron chi connectivity index (χ0n) is 9.86. The highest BCUT2D eigenvalue weighted by Gasteiger charge is 2.21. The first-order chi connectivity index (χ1) is 8.16. The van der Waals surface area contributed by atoms with E-state index in [2.05, 4.69) is 15.6 Å². The number of nitrogens with zero attached hydrogens (tertiary/aromatic N) is 1. The number of anilines is 1. The van der Waals surface area contributed by atoms with Crippen LogP contribution in [-0.2, 0) is 4.79 Å². The average Bonchev–Trinajstić information content (AvgIpc) is 2.35. The highest BCUT2D eigenvalue weighted by Crippen LogP contribution is 2.20. The second kappa shape index (κ2) is 5.14. The summed E-state index contributed by atoms with van der Waals surface area (Å²) < 4.78 is 0. The number of piperidine rings is 1. The van der Waals surface area contributed by atoms with Crippen molar-refractivity contribution in [1.82, 2.24) is 10.3 Å². The van der Waals surface area contributed by atoms with Crippen LogP contribution in [0.2, 0.25) is 0 Å². The van der Waals surface area contributed by atoms with E-state index in [1.165, 1.54) is 6.07 Å². The molecular formula is C12H17N3O2. The third-order valence-corrected chi connectivity index (χ3v) is 2.88. The normalized spacial score (nSPS) is 19.9. The van der Waals surface area contributed by atoms with Crippen molar-refractivity contribution in [3.63, 3.8) is 0 Å². The Morgan fingerprint density at radius 1 is 1.53 bits per heavy atom. The van der Waals surface area contributed by atoms with E-state index >= 15 is 0 Å². The Morgan fingerprint density at radius 2 is 2.35 bits per heavy atom. The van der Waals surface area contributed by atoms with Crippen molar-refractivity contribution in [3.05, 3.63) is 17.8 Å². The zero-order valence-corrected chi connectivity index (χ0v) is 9.86. The highest BCUT2D eigenvalue weighted by molar-refractivity contribution is 5.95. The van der Waals surface area contributed by atoms with E-state index in [4.69, 9.17) is 0 Å². The van der Waals surface area contributed by atoms with Crippen molar-refractivity contribution in [3.8, 4) is 5.75 Å². The number of nitrogens with one attached hydrogen (secondary N) is 2. The van der Waals surface area contributed by atoms with Crippen molar-refractivity contribution < 1.29 is 9.90 Å². The molecule has 92 valence electrons. The fourth-order valence-corrected chi connectivity index (χ4v) is 1.92. The van der Waals surface area contributed by atoms with Gasteiger partial charge in [-0.3, -0.25) is 4.79 Å². The molecule has 1 amide bonds. The smallest absolute Gasteiger partial charge is 0.242 e. The van der Waals surface area contributed by atoms with Crippen LogP contribution in [0.15, 0.2) is 12.1 Å². The predicted octanol–water partition coefficient (Wildman–Crippen LogP) is 1.18. The van der Waals surface area contributed by atoms with Crippen LogP contribution in [-0.4, -0.2) is 28.6 Å². The number of aryl methyl sites for hydroxylation is 1. The van der Waals surface area contributed by atoms with E-state index < -0.39 is 0 Å². The van der Waals surface area contributed by atoms with Crippen molar-refractivity contribution in [1.29, 1.82) is 0 Å². The molecule has 0 aromatic carbocycles. The Balaban J connectivity index is 2.04. The lowest BCUT2D eigenvalue weighted by Gasteiger charge is -2.22. The minimum Gasteiger partial charge on any atom is -0.504 e. The van der Waals surface area contributed by atoms with Gasteiger partial charge in [0.2, 0.25) is 5.91 Å². The summed E-state index contributed by atoms with van der Waals surface area (Å²) in [5, 5.41) is 15.4. The third-order valence-electron chi connectivity index (χ3n) is 2.88. The highest BCUT2D eigenvalue weighted by atomic mass is 16.3. The molecule has 2 heterocycles. The fourth-order valence-electron chi connectivity index (χ4n) is 1.92. The average molecular weight is 235 g/mol. The molecule has 0 spiro atoms. The summed E-state index contributed by atoms with van der Waals surface area (Å²) in [6.07, 6.45) is 2.99. The summed E-state index contributed by atoms with van der Waals surface area (Å²) >= 11 is 0. The molecule has 17 heavy (non-hydrogen) atoms. The van der Waals surface area contributed by atoms with Crippen molar-refractivity contribution in [2.24, 2.45) is 0 Å². The van der Waals surface area contributed by atoms with Crippen LogP contribution in [0.4, 0.5) is 5.82 Å². The molecular weight excluding hydrogens is 218 g/mol. The second-order valence-electron chi connectivity index (χ2n) is 4.31. The minimum atomic E-state index is -0.175. The zero-order chi connectivity index (χ0) is 12.3. The molecule has 1 saturated heterocycles. The summed E-state index contributed by atoms with van der Waals surface area (Å²) in [4.78, 5) is 16.0. The van der Waals surface area contributed by atoms with E-state index in [1.54, 1.807) is 6.07 Å². The first-order valence-electron chi connectivity index (χ1n) is 5.87. The van der Waals surface area contributed by atoms with Gasteiger partial charge in [-0.05, 0) is 38.4 Å². The Morgan fingerprint density at radius 3 is 3.06 bits per heavy atom. The molecule has 1 aromatic rings. The molecule has 1 atom stereocenters. The summed E-state index contributed by atoms with van der Waals surface area (Å²) in [6.45, 7) is 2.68. The van der Waals surface area contributed by atoms with Crippen LogP contribution in [0, 0.1) is 6.92 Å². The van der Waals surface area contributed by atoms with E-state index in [-0.39, 0.29) is 23.5 Å². The number of hydrogen-bond acceptors (Lipinski definition) is 4. The number of carbonyl (C=O) groups excluding carboxylic acids is 1. The maximum atomic E-state index is 11.9. The molecule has 0 aliphatic carbocycles.